The number of benzene rings is 1. The van der Waals surface area contributed by atoms with Crippen molar-refractivity contribution in [2.45, 2.75) is 31.3 Å². The second-order valence-electron chi connectivity index (χ2n) is 6.59. The van der Waals surface area contributed by atoms with Gasteiger partial charge in [-0.1, -0.05) is 25.6 Å². The van der Waals surface area contributed by atoms with Gasteiger partial charge < -0.3 is 18.5 Å². The highest BCUT2D eigenvalue weighted by Crippen LogP contribution is 2.29. The lowest BCUT2D eigenvalue weighted by Crippen LogP contribution is -2.07. The quantitative estimate of drug-likeness (QED) is 0.412. The first kappa shape index (κ1) is 20.0. The molecule has 0 spiro atoms. The van der Waals surface area contributed by atoms with E-state index in [1.165, 1.54) is 18.9 Å². The molecule has 7 nitrogen and oxygen atoms in total. The van der Waals surface area contributed by atoms with Crippen molar-refractivity contribution in [3.8, 4) is 17.1 Å². The maximum Gasteiger partial charge on any atom is 0.373 e. The van der Waals surface area contributed by atoms with E-state index in [4.69, 9.17) is 9.15 Å². The number of carbonyl (C=O) groups is 1. The van der Waals surface area contributed by atoms with Crippen molar-refractivity contribution in [3.63, 3.8) is 0 Å². The third-order valence-electron chi connectivity index (χ3n) is 4.00. The minimum atomic E-state index is -0.485. The molecule has 0 saturated carbocycles. The molecule has 0 aliphatic rings. The summed E-state index contributed by atoms with van der Waals surface area (Å²) in [6.07, 6.45) is 0. The molecular weight excluding hydrogens is 378 g/mol. The molecule has 0 aliphatic heterocycles. The second-order valence-corrected chi connectivity index (χ2v) is 7.53. The molecule has 1 aromatic carbocycles. The van der Waals surface area contributed by atoms with Crippen molar-refractivity contribution in [3.05, 3.63) is 47.9 Å². The monoisotopic (exact) mass is 401 g/mol. The molecule has 2 aromatic heterocycles. The summed E-state index contributed by atoms with van der Waals surface area (Å²) in [7, 11) is 2.97. The van der Waals surface area contributed by atoms with Gasteiger partial charge in [0.1, 0.15) is 11.5 Å². The first-order valence-electron chi connectivity index (χ1n) is 8.89. The lowest BCUT2D eigenvalue weighted by atomic mass is 10.2. The zero-order chi connectivity index (χ0) is 20.1. The molecule has 0 bridgehead atoms. The van der Waals surface area contributed by atoms with Gasteiger partial charge in [-0.2, -0.15) is 0 Å². The van der Waals surface area contributed by atoms with E-state index in [1.54, 1.807) is 19.2 Å². The number of esters is 1. The maximum atomic E-state index is 11.5. The number of rotatable bonds is 8. The van der Waals surface area contributed by atoms with Crippen molar-refractivity contribution in [2.75, 3.05) is 14.2 Å². The van der Waals surface area contributed by atoms with E-state index >= 15 is 0 Å². The number of carbonyl (C=O) groups excluding carboxylic acids is 1. The summed E-state index contributed by atoms with van der Waals surface area (Å²) in [5, 5.41) is 9.57. The summed E-state index contributed by atoms with van der Waals surface area (Å²) < 4.78 is 17.5. The number of nitrogens with zero attached hydrogens (tertiary/aromatic N) is 3. The molecule has 0 radical (unpaired) electrons. The van der Waals surface area contributed by atoms with Crippen LogP contribution in [0.15, 0.2) is 46.0 Å². The van der Waals surface area contributed by atoms with E-state index < -0.39 is 5.97 Å². The van der Waals surface area contributed by atoms with Gasteiger partial charge in [0, 0.05) is 12.1 Å². The maximum absolute atomic E-state index is 11.5. The van der Waals surface area contributed by atoms with Gasteiger partial charge in [0.25, 0.3) is 0 Å². The average molecular weight is 401 g/mol. The van der Waals surface area contributed by atoms with Crippen LogP contribution in [-0.4, -0.2) is 35.0 Å². The Bertz CT molecular complexity index is 931. The fourth-order valence-corrected chi connectivity index (χ4v) is 3.52. The predicted octanol–water partition coefficient (Wildman–Crippen LogP) is 4.28. The lowest BCUT2D eigenvalue weighted by molar-refractivity contribution is 0.0563. The molecule has 28 heavy (non-hydrogen) atoms. The van der Waals surface area contributed by atoms with Crippen LogP contribution in [0.25, 0.3) is 11.4 Å². The van der Waals surface area contributed by atoms with Crippen LogP contribution in [0.1, 0.15) is 30.2 Å². The fourth-order valence-electron chi connectivity index (χ4n) is 2.68. The molecule has 0 saturated heterocycles. The standard InChI is InChI=1S/C20H23N3O4S/c1-13(2)11-23-18(14-5-7-15(25-3)8-6-14)21-22-20(23)28-12-16-9-10-17(27-16)19(24)26-4/h5-10,13H,11-12H2,1-4H3. The molecule has 0 N–H and O–H groups in total. The Morgan fingerprint density at radius 2 is 1.89 bits per heavy atom. The predicted molar refractivity (Wildman–Crippen MR) is 106 cm³/mol. The molecule has 2 heterocycles. The summed E-state index contributed by atoms with van der Waals surface area (Å²) in [6.45, 7) is 5.10. The summed E-state index contributed by atoms with van der Waals surface area (Å²) in [6, 6.07) is 11.2. The molecule has 8 heteroatoms. The van der Waals surface area contributed by atoms with Crippen LogP contribution in [0.3, 0.4) is 0 Å². The number of hydrogen-bond donors (Lipinski definition) is 0. The van der Waals surface area contributed by atoms with Crippen molar-refractivity contribution >= 4 is 17.7 Å². The van der Waals surface area contributed by atoms with Gasteiger partial charge >= 0.3 is 5.97 Å². The lowest BCUT2D eigenvalue weighted by Gasteiger charge is -2.12. The van der Waals surface area contributed by atoms with Crippen LogP contribution < -0.4 is 4.74 Å². The average Bonchev–Trinajstić information content (AvgIpc) is 3.32. The van der Waals surface area contributed by atoms with Gasteiger partial charge in [0.15, 0.2) is 11.0 Å². The topological polar surface area (TPSA) is 79.4 Å². The van der Waals surface area contributed by atoms with Gasteiger partial charge in [-0.15, -0.1) is 10.2 Å². The molecule has 148 valence electrons. The van der Waals surface area contributed by atoms with E-state index in [0.717, 1.165) is 28.8 Å². The number of furan rings is 1. The molecular formula is C20H23N3O4S. The summed E-state index contributed by atoms with van der Waals surface area (Å²) in [5.41, 5.74) is 0.978. The molecule has 0 unspecified atom stereocenters. The van der Waals surface area contributed by atoms with E-state index in [2.05, 4.69) is 33.3 Å². The Labute approximate surface area is 168 Å². The fraction of sp³-hybridized carbons (Fsp3) is 0.350. The molecule has 0 aliphatic carbocycles. The van der Waals surface area contributed by atoms with E-state index in [1.807, 2.05) is 24.3 Å². The number of hydrogen-bond acceptors (Lipinski definition) is 7. The number of thioether (sulfide) groups is 1. The third-order valence-corrected chi connectivity index (χ3v) is 4.99. The van der Waals surface area contributed by atoms with Crippen LogP contribution in [0.2, 0.25) is 0 Å². The van der Waals surface area contributed by atoms with Crippen LogP contribution in [0.4, 0.5) is 0 Å². The van der Waals surface area contributed by atoms with Gasteiger partial charge in [0.2, 0.25) is 5.76 Å². The molecule has 0 amide bonds. The highest BCUT2D eigenvalue weighted by molar-refractivity contribution is 7.98. The van der Waals surface area contributed by atoms with Crippen molar-refractivity contribution in [1.29, 1.82) is 0 Å². The number of aromatic nitrogens is 3. The van der Waals surface area contributed by atoms with Gasteiger partial charge in [-0.25, -0.2) is 4.79 Å². The van der Waals surface area contributed by atoms with Crippen LogP contribution in [-0.2, 0) is 17.0 Å². The van der Waals surface area contributed by atoms with Gasteiger partial charge in [-0.05, 0) is 42.3 Å². The van der Waals surface area contributed by atoms with Crippen molar-refractivity contribution in [2.24, 2.45) is 5.92 Å². The normalized spacial score (nSPS) is 11.0. The number of ether oxygens (including phenoxy) is 2. The Balaban J connectivity index is 1.81. The Morgan fingerprint density at radius 3 is 2.54 bits per heavy atom. The number of methoxy groups -OCH3 is 2. The summed E-state index contributed by atoms with van der Waals surface area (Å²) in [5.74, 6) is 2.97. The first-order chi connectivity index (χ1) is 13.5. The first-order valence-corrected chi connectivity index (χ1v) is 9.87. The van der Waals surface area contributed by atoms with Gasteiger partial charge in [0.05, 0.1) is 20.0 Å². The Hall–Kier alpha value is -2.74. The molecule has 3 aromatic rings. The minimum Gasteiger partial charge on any atom is -0.497 e. The smallest absolute Gasteiger partial charge is 0.373 e. The second kappa shape index (κ2) is 8.97. The molecule has 0 atom stereocenters. The van der Waals surface area contributed by atoms with Crippen LogP contribution in [0.5, 0.6) is 5.75 Å². The Kier molecular flexibility index (Phi) is 6.41. The minimum absolute atomic E-state index is 0.195. The summed E-state index contributed by atoms with van der Waals surface area (Å²) >= 11 is 1.52. The molecule has 3 rings (SSSR count). The highest BCUT2D eigenvalue weighted by Gasteiger charge is 2.17. The van der Waals surface area contributed by atoms with Crippen LogP contribution >= 0.6 is 11.8 Å². The van der Waals surface area contributed by atoms with Crippen molar-refractivity contribution in [1.82, 2.24) is 14.8 Å². The Morgan fingerprint density at radius 1 is 1.14 bits per heavy atom. The largest absolute Gasteiger partial charge is 0.497 e. The highest BCUT2D eigenvalue weighted by atomic mass is 32.2. The third kappa shape index (κ3) is 4.56. The van der Waals surface area contributed by atoms with E-state index in [9.17, 15) is 4.79 Å². The summed E-state index contributed by atoms with van der Waals surface area (Å²) in [4.78, 5) is 11.5. The van der Waals surface area contributed by atoms with E-state index in [0.29, 0.717) is 17.4 Å². The SMILES string of the molecule is COC(=O)c1ccc(CSc2nnc(-c3ccc(OC)cc3)n2CC(C)C)o1. The van der Waals surface area contributed by atoms with Crippen molar-refractivity contribution < 1.29 is 18.7 Å². The van der Waals surface area contributed by atoms with Gasteiger partial charge in [-0.3, -0.25) is 0 Å². The molecule has 0 fully saturated rings. The zero-order valence-corrected chi connectivity index (χ0v) is 17.2. The zero-order valence-electron chi connectivity index (χ0n) is 16.3. The van der Waals surface area contributed by atoms with E-state index in [-0.39, 0.29) is 5.76 Å². The van der Waals surface area contributed by atoms with Crippen LogP contribution in [0, 0.1) is 5.92 Å².